The average molecular weight is 445 g/mol. The molecule has 0 aliphatic rings. The first kappa shape index (κ1) is 24.7. The van der Waals surface area contributed by atoms with Gasteiger partial charge in [-0.15, -0.1) is 0 Å². The molecule has 2 aromatic carbocycles. The number of carboxylic acids is 1. The molecule has 2 rings (SSSR count). The number of rotatable bonds is 8. The fourth-order valence-corrected chi connectivity index (χ4v) is 2.99. The van der Waals surface area contributed by atoms with E-state index in [0.29, 0.717) is 16.0 Å². The summed E-state index contributed by atoms with van der Waals surface area (Å²) in [5.74, 6) is -1.76. The molecule has 1 amide bonds. The van der Waals surface area contributed by atoms with E-state index in [0.717, 1.165) is 0 Å². The van der Waals surface area contributed by atoms with Gasteiger partial charge in [0.25, 0.3) is 0 Å². The van der Waals surface area contributed by atoms with E-state index < -0.39 is 36.1 Å². The Kier molecular flexibility index (Phi) is 8.20. The van der Waals surface area contributed by atoms with Crippen molar-refractivity contribution in [2.45, 2.75) is 45.2 Å². The number of carbonyl (C=O) groups is 3. The fraction of sp³-hybridized carbons (Fsp3) is 0.348. The molecule has 0 bridgehead atoms. The third kappa shape index (κ3) is 6.21. The lowest BCUT2D eigenvalue weighted by Gasteiger charge is -2.44. The van der Waals surface area contributed by atoms with Gasteiger partial charge in [-0.25, -0.2) is 14.4 Å². The van der Waals surface area contributed by atoms with Crippen LogP contribution in [0.15, 0.2) is 60.7 Å². The largest absolute Gasteiger partial charge is 0.511 e. The molecular weight excluding hydrogens is 418 g/mol. The maximum absolute atomic E-state index is 12.9. The summed E-state index contributed by atoms with van der Waals surface area (Å²) in [6.07, 6.45) is -2.45. The zero-order valence-corrected chi connectivity index (χ0v) is 18.2. The van der Waals surface area contributed by atoms with Crippen molar-refractivity contribution >= 4 is 18.2 Å². The molecule has 2 N–H and O–H groups in total. The van der Waals surface area contributed by atoms with Crippen LogP contribution in [0.2, 0.25) is 0 Å². The summed E-state index contributed by atoms with van der Waals surface area (Å²) in [6, 6.07) is 17.4. The third-order valence-electron chi connectivity index (χ3n) is 4.42. The topological polar surface area (TPSA) is 123 Å². The van der Waals surface area contributed by atoms with E-state index in [9.17, 15) is 24.6 Å². The Morgan fingerprint density at radius 2 is 1.31 bits per heavy atom. The highest BCUT2D eigenvalue weighted by Crippen LogP contribution is 2.29. The highest BCUT2D eigenvalue weighted by molar-refractivity contribution is 5.85. The van der Waals surface area contributed by atoms with Crippen LogP contribution in [0.5, 0.6) is 0 Å². The van der Waals surface area contributed by atoms with Crippen molar-refractivity contribution in [3.8, 4) is 0 Å². The number of carboxylic acid groups (broad SMARTS) is 1. The molecule has 0 aromatic heterocycles. The summed E-state index contributed by atoms with van der Waals surface area (Å²) in [7, 11) is 0. The smallest absolute Gasteiger partial charge is 0.477 e. The molecule has 0 aliphatic carbocycles. The van der Waals surface area contributed by atoms with Crippen LogP contribution in [-0.2, 0) is 32.2 Å². The summed E-state index contributed by atoms with van der Waals surface area (Å²) < 4.78 is 15.3. The van der Waals surface area contributed by atoms with Crippen LogP contribution in [0.4, 0.5) is 9.59 Å². The number of aliphatic hydroxyl groups is 1. The van der Waals surface area contributed by atoms with Gasteiger partial charge in [-0.1, -0.05) is 60.7 Å². The molecule has 1 atom stereocenters. The Labute approximate surface area is 186 Å². The zero-order chi connectivity index (χ0) is 23.8. The van der Waals surface area contributed by atoms with Gasteiger partial charge in [-0.3, -0.25) is 4.90 Å². The summed E-state index contributed by atoms with van der Waals surface area (Å²) in [6.45, 7) is 3.00. The van der Waals surface area contributed by atoms with E-state index in [2.05, 4.69) is 0 Å². The fourth-order valence-electron chi connectivity index (χ4n) is 2.99. The average Bonchev–Trinajstić information content (AvgIpc) is 2.76. The second-order valence-electron chi connectivity index (χ2n) is 7.92. The van der Waals surface area contributed by atoms with Crippen molar-refractivity contribution in [2.24, 2.45) is 0 Å². The summed E-state index contributed by atoms with van der Waals surface area (Å²) in [5.41, 5.74) is -2.67. The van der Waals surface area contributed by atoms with Gasteiger partial charge in [0.1, 0.15) is 19.8 Å². The van der Waals surface area contributed by atoms with Crippen molar-refractivity contribution in [1.82, 2.24) is 4.90 Å². The van der Waals surface area contributed by atoms with E-state index in [4.69, 9.17) is 14.2 Å². The van der Waals surface area contributed by atoms with Crippen LogP contribution in [-0.4, -0.2) is 51.2 Å². The molecule has 0 saturated carbocycles. The number of amides is 1. The molecular formula is C23H27NO8. The molecule has 32 heavy (non-hydrogen) atoms. The van der Waals surface area contributed by atoms with Gasteiger partial charge >= 0.3 is 23.9 Å². The second-order valence-corrected chi connectivity index (χ2v) is 7.92. The molecule has 9 heteroatoms. The lowest BCUT2D eigenvalue weighted by Crippen LogP contribution is -2.67. The molecule has 9 nitrogen and oxygen atoms in total. The Hall–Kier alpha value is -3.59. The monoisotopic (exact) mass is 445 g/mol. The molecule has 0 unspecified atom stereocenters. The minimum Gasteiger partial charge on any atom is -0.477 e. The van der Waals surface area contributed by atoms with E-state index >= 15 is 0 Å². The van der Waals surface area contributed by atoms with Gasteiger partial charge in [0.2, 0.25) is 0 Å². The number of aliphatic carboxylic acids is 1. The van der Waals surface area contributed by atoms with Crippen LogP contribution in [0.1, 0.15) is 31.9 Å². The first-order chi connectivity index (χ1) is 15.1. The van der Waals surface area contributed by atoms with Gasteiger partial charge in [0, 0.05) is 5.54 Å². The quantitative estimate of drug-likeness (QED) is 0.467. The lowest BCUT2D eigenvalue weighted by molar-refractivity contribution is -0.203. The lowest BCUT2D eigenvalue weighted by atomic mass is 10.0. The van der Waals surface area contributed by atoms with Crippen molar-refractivity contribution in [3.63, 3.8) is 0 Å². The van der Waals surface area contributed by atoms with Crippen LogP contribution < -0.4 is 0 Å². The third-order valence-corrected chi connectivity index (χ3v) is 4.42. The van der Waals surface area contributed by atoms with Crippen molar-refractivity contribution in [3.05, 3.63) is 71.8 Å². The molecule has 172 valence electrons. The van der Waals surface area contributed by atoms with E-state index in [1.54, 1.807) is 60.7 Å². The van der Waals surface area contributed by atoms with Crippen molar-refractivity contribution < 1.29 is 38.8 Å². The molecule has 0 fully saturated rings. The Morgan fingerprint density at radius 3 is 1.72 bits per heavy atom. The molecule has 0 aliphatic heterocycles. The van der Waals surface area contributed by atoms with Crippen molar-refractivity contribution in [2.75, 3.05) is 6.61 Å². The van der Waals surface area contributed by atoms with Crippen LogP contribution >= 0.6 is 0 Å². The van der Waals surface area contributed by atoms with Crippen LogP contribution in [0.3, 0.4) is 0 Å². The first-order valence-electron chi connectivity index (χ1n) is 9.85. The predicted molar refractivity (Wildman–Crippen MR) is 113 cm³/mol. The number of hydrogen-bond acceptors (Lipinski definition) is 7. The number of aliphatic hydroxyl groups excluding tert-OH is 1. The first-order valence-corrected chi connectivity index (χ1v) is 9.85. The number of ether oxygens (including phenoxy) is 3. The minimum atomic E-state index is -2.76. The molecule has 0 radical (unpaired) electrons. The van der Waals surface area contributed by atoms with E-state index in [1.807, 2.05) is 0 Å². The SMILES string of the molecule is CC(C)(C)N(C(=O)OCc1ccccc1)[C@](CO)(OC(=O)OCc1ccccc1)C(=O)O. The molecule has 2 aromatic rings. The number of carbonyl (C=O) groups excluding carboxylic acids is 2. The Morgan fingerprint density at radius 1 is 0.844 bits per heavy atom. The van der Waals surface area contributed by atoms with Crippen LogP contribution in [0.25, 0.3) is 0 Å². The van der Waals surface area contributed by atoms with Gasteiger partial charge in [-0.2, -0.15) is 0 Å². The normalized spacial score (nSPS) is 12.9. The number of nitrogens with zero attached hydrogens (tertiary/aromatic N) is 1. The molecule has 0 heterocycles. The molecule has 0 spiro atoms. The van der Waals surface area contributed by atoms with E-state index in [1.165, 1.54) is 20.8 Å². The summed E-state index contributed by atoms with van der Waals surface area (Å²) >= 11 is 0. The van der Waals surface area contributed by atoms with Crippen LogP contribution in [0, 0.1) is 0 Å². The highest BCUT2D eigenvalue weighted by Gasteiger charge is 2.56. The standard InChI is InChI=1S/C23H27NO8/c1-22(2,3)24(20(28)30-14-17-10-6-4-7-11-17)23(16-25,19(26)27)32-21(29)31-15-18-12-8-5-9-13-18/h4-13,25H,14-16H2,1-3H3,(H,26,27)/t23-/m1/s1. The van der Waals surface area contributed by atoms with Gasteiger partial charge in [-0.05, 0) is 31.9 Å². The second kappa shape index (κ2) is 10.6. The number of hydrogen-bond donors (Lipinski definition) is 2. The molecule has 0 saturated heterocycles. The van der Waals surface area contributed by atoms with E-state index in [-0.39, 0.29) is 13.2 Å². The highest BCUT2D eigenvalue weighted by atomic mass is 16.7. The van der Waals surface area contributed by atoms with Gasteiger partial charge in [0.15, 0.2) is 0 Å². The van der Waals surface area contributed by atoms with Gasteiger partial charge < -0.3 is 24.4 Å². The summed E-state index contributed by atoms with van der Waals surface area (Å²) in [4.78, 5) is 38.1. The maximum atomic E-state index is 12.9. The predicted octanol–water partition coefficient (Wildman–Crippen LogP) is 3.55. The maximum Gasteiger partial charge on any atom is 0.511 e. The Bertz CT molecular complexity index is 911. The summed E-state index contributed by atoms with van der Waals surface area (Å²) in [5, 5.41) is 19.9. The Balaban J connectivity index is 2.24. The minimum absolute atomic E-state index is 0.147. The zero-order valence-electron chi connectivity index (χ0n) is 18.2. The number of benzene rings is 2. The van der Waals surface area contributed by atoms with Gasteiger partial charge in [0.05, 0.1) is 0 Å². The van der Waals surface area contributed by atoms with Crippen molar-refractivity contribution in [1.29, 1.82) is 0 Å².